The van der Waals surface area contributed by atoms with Crippen molar-refractivity contribution in [3.63, 3.8) is 0 Å². The molecular formula is C20H21ClN2O2. The molecule has 0 aromatic heterocycles. The smallest absolute Gasteiger partial charge is 0.225 e. The molecule has 0 bridgehead atoms. The number of hydrogen-bond donors (Lipinski definition) is 1. The Morgan fingerprint density at radius 1 is 1.12 bits per heavy atom. The van der Waals surface area contributed by atoms with Gasteiger partial charge in [0.2, 0.25) is 11.8 Å². The first kappa shape index (κ1) is 17.5. The molecule has 0 saturated carbocycles. The Hall–Kier alpha value is -2.33. The monoisotopic (exact) mass is 356 g/mol. The first-order valence-corrected chi connectivity index (χ1v) is 8.74. The molecule has 130 valence electrons. The van der Waals surface area contributed by atoms with E-state index in [0.717, 1.165) is 11.1 Å². The number of carbonyl (C=O) groups excluding carboxylic acids is 2. The van der Waals surface area contributed by atoms with Crippen LogP contribution in [0.2, 0.25) is 5.02 Å². The first-order valence-electron chi connectivity index (χ1n) is 8.37. The molecule has 2 amide bonds. The summed E-state index contributed by atoms with van der Waals surface area (Å²) in [5.74, 6) is -0.330. The fourth-order valence-corrected chi connectivity index (χ4v) is 3.08. The molecule has 1 atom stereocenters. The number of rotatable bonds is 5. The van der Waals surface area contributed by atoms with Gasteiger partial charge in [0.1, 0.15) is 0 Å². The summed E-state index contributed by atoms with van der Waals surface area (Å²) in [6.07, 6.45) is 0.271. The molecule has 1 heterocycles. The second-order valence-corrected chi connectivity index (χ2v) is 6.94. The molecule has 4 nitrogen and oxygen atoms in total. The van der Waals surface area contributed by atoms with Gasteiger partial charge < -0.3 is 10.2 Å². The summed E-state index contributed by atoms with van der Waals surface area (Å²) in [6, 6.07) is 15.5. The Labute approximate surface area is 152 Å². The van der Waals surface area contributed by atoms with Gasteiger partial charge in [0.25, 0.3) is 0 Å². The fourth-order valence-electron chi connectivity index (χ4n) is 2.95. The Morgan fingerprint density at radius 3 is 2.44 bits per heavy atom. The summed E-state index contributed by atoms with van der Waals surface area (Å²) in [5.41, 5.74) is 3.26. The van der Waals surface area contributed by atoms with E-state index in [1.807, 2.05) is 55.5 Å². The molecule has 3 rings (SSSR count). The van der Waals surface area contributed by atoms with Crippen molar-refractivity contribution >= 4 is 23.4 Å². The van der Waals surface area contributed by atoms with Crippen LogP contribution in [-0.2, 0) is 22.7 Å². The molecule has 1 saturated heterocycles. The van der Waals surface area contributed by atoms with E-state index in [1.54, 1.807) is 4.90 Å². The minimum Gasteiger partial charge on any atom is -0.352 e. The van der Waals surface area contributed by atoms with E-state index in [1.165, 1.54) is 5.56 Å². The van der Waals surface area contributed by atoms with Gasteiger partial charge in [0.05, 0.1) is 5.92 Å². The molecule has 0 spiro atoms. The number of nitrogens with one attached hydrogen (secondary N) is 1. The third-order valence-corrected chi connectivity index (χ3v) is 4.71. The summed E-state index contributed by atoms with van der Waals surface area (Å²) in [4.78, 5) is 26.3. The second kappa shape index (κ2) is 7.70. The van der Waals surface area contributed by atoms with Crippen molar-refractivity contribution in [2.24, 2.45) is 5.92 Å². The quantitative estimate of drug-likeness (QED) is 0.893. The average molecular weight is 357 g/mol. The van der Waals surface area contributed by atoms with Crippen LogP contribution in [0.5, 0.6) is 0 Å². The molecule has 0 aliphatic carbocycles. The van der Waals surface area contributed by atoms with Crippen molar-refractivity contribution in [3.8, 4) is 0 Å². The van der Waals surface area contributed by atoms with Crippen molar-refractivity contribution in [1.82, 2.24) is 10.2 Å². The van der Waals surface area contributed by atoms with Crippen molar-refractivity contribution < 1.29 is 9.59 Å². The predicted octanol–water partition coefficient (Wildman–Crippen LogP) is 3.31. The number of benzene rings is 2. The molecule has 1 unspecified atom stereocenters. The van der Waals surface area contributed by atoms with Crippen LogP contribution in [0.15, 0.2) is 48.5 Å². The third-order valence-electron chi connectivity index (χ3n) is 4.46. The lowest BCUT2D eigenvalue weighted by atomic mass is 10.1. The first-order chi connectivity index (χ1) is 12.0. The van der Waals surface area contributed by atoms with Crippen LogP contribution in [-0.4, -0.2) is 23.3 Å². The standard InChI is InChI=1S/C20H21ClN2O2/c1-14-2-4-15(5-3-14)11-22-20(25)17-10-19(24)23(13-17)12-16-6-8-18(21)9-7-16/h2-9,17H,10-13H2,1H3,(H,22,25). The number of likely N-dealkylation sites (tertiary alicyclic amines) is 1. The van der Waals surface area contributed by atoms with Gasteiger partial charge in [-0.15, -0.1) is 0 Å². The molecule has 1 aliphatic heterocycles. The third kappa shape index (κ3) is 4.60. The summed E-state index contributed by atoms with van der Waals surface area (Å²) in [5, 5.41) is 3.61. The summed E-state index contributed by atoms with van der Waals surface area (Å²) >= 11 is 5.88. The van der Waals surface area contributed by atoms with Crippen molar-refractivity contribution in [1.29, 1.82) is 0 Å². The van der Waals surface area contributed by atoms with Gasteiger partial charge in [-0.2, -0.15) is 0 Å². The van der Waals surface area contributed by atoms with Crippen LogP contribution in [0, 0.1) is 12.8 Å². The van der Waals surface area contributed by atoms with E-state index >= 15 is 0 Å². The van der Waals surface area contributed by atoms with Crippen LogP contribution in [0.3, 0.4) is 0 Å². The van der Waals surface area contributed by atoms with E-state index in [0.29, 0.717) is 24.7 Å². The maximum atomic E-state index is 12.4. The molecular weight excluding hydrogens is 336 g/mol. The number of aryl methyl sites for hydroxylation is 1. The number of amides is 2. The normalized spacial score (nSPS) is 17.0. The lowest BCUT2D eigenvalue weighted by Crippen LogP contribution is -2.32. The van der Waals surface area contributed by atoms with Gasteiger partial charge in [-0.05, 0) is 30.2 Å². The highest BCUT2D eigenvalue weighted by Crippen LogP contribution is 2.21. The molecule has 1 fully saturated rings. The minimum absolute atomic E-state index is 0.0189. The highest BCUT2D eigenvalue weighted by atomic mass is 35.5. The van der Waals surface area contributed by atoms with Crippen LogP contribution >= 0.6 is 11.6 Å². The molecule has 2 aromatic rings. The zero-order valence-electron chi connectivity index (χ0n) is 14.2. The molecule has 2 aromatic carbocycles. The van der Waals surface area contributed by atoms with Gasteiger partial charge in [-0.3, -0.25) is 9.59 Å². The fraction of sp³-hybridized carbons (Fsp3) is 0.300. The number of halogens is 1. The highest BCUT2D eigenvalue weighted by Gasteiger charge is 2.34. The van der Waals surface area contributed by atoms with Crippen LogP contribution in [0.4, 0.5) is 0 Å². The number of nitrogens with zero attached hydrogens (tertiary/aromatic N) is 1. The molecule has 1 N–H and O–H groups in total. The lowest BCUT2D eigenvalue weighted by Gasteiger charge is -2.17. The average Bonchev–Trinajstić information content (AvgIpc) is 2.97. The zero-order chi connectivity index (χ0) is 17.8. The lowest BCUT2D eigenvalue weighted by molar-refractivity contribution is -0.129. The number of hydrogen-bond acceptors (Lipinski definition) is 2. The van der Waals surface area contributed by atoms with Gasteiger partial charge >= 0.3 is 0 Å². The maximum absolute atomic E-state index is 12.4. The highest BCUT2D eigenvalue weighted by molar-refractivity contribution is 6.30. The molecule has 25 heavy (non-hydrogen) atoms. The topological polar surface area (TPSA) is 49.4 Å². The largest absolute Gasteiger partial charge is 0.352 e. The Bertz CT molecular complexity index is 756. The maximum Gasteiger partial charge on any atom is 0.225 e. The van der Waals surface area contributed by atoms with Gasteiger partial charge in [0.15, 0.2) is 0 Å². The SMILES string of the molecule is Cc1ccc(CNC(=O)C2CC(=O)N(Cc3ccc(Cl)cc3)C2)cc1. The summed E-state index contributed by atoms with van der Waals surface area (Å²) < 4.78 is 0. The van der Waals surface area contributed by atoms with Gasteiger partial charge in [-0.1, -0.05) is 53.6 Å². The van der Waals surface area contributed by atoms with E-state index in [9.17, 15) is 9.59 Å². The summed E-state index contributed by atoms with van der Waals surface area (Å²) in [7, 11) is 0. The zero-order valence-corrected chi connectivity index (χ0v) is 14.9. The second-order valence-electron chi connectivity index (χ2n) is 6.51. The Balaban J connectivity index is 1.53. The van der Waals surface area contributed by atoms with Crippen molar-refractivity contribution in [3.05, 3.63) is 70.2 Å². The van der Waals surface area contributed by atoms with Crippen LogP contribution in [0.25, 0.3) is 0 Å². The summed E-state index contributed by atoms with van der Waals surface area (Å²) in [6.45, 7) is 3.49. The number of carbonyl (C=O) groups is 2. The van der Waals surface area contributed by atoms with E-state index in [2.05, 4.69) is 5.32 Å². The van der Waals surface area contributed by atoms with E-state index in [-0.39, 0.29) is 24.2 Å². The Kier molecular flexibility index (Phi) is 5.39. The minimum atomic E-state index is -0.287. The van der Waals surface area contributed by atoms with Crippen molar-refractivity contribution in [2.75, 3.05) is 6.54 Å². The van der Waals surface area contributed by atoms with Crippen LogP contribution in [0.1, 0.15) is 23.1 Å². The molecule has 5 heteroatoms. The molecule has 1 aliphatic rings. The Morgan fingerprint density at radius 2 is 1.76 bits per heavy atom. The predicted molar refractivity (Wildman–Crippen MR) is 98.0 cm³/mol. The van der Waals surface area contributed by atoms with Gasteiger partial charge in [-0.25, -0.2) is 0 Å². The van der Waals surface area contributed by atoms with E-state index < -0.39 is 0 Å². The van der Waals surface area contributed by atoms with E-state index in [4.69, 9.17) is 11.6 Å². The van der Waals surface area contributed by atoms with Gasteiger partial charge in [0, 0.05) is 31.1 Å². The van der Waals surface area contributed by atoms with Crippen LogP contribution < -0.4 is 5.32 Å². The van der Waals surface area contributed by atoms with Crippen molar-refractivity contribution in [2.45, 2.75) is 26.4 Å². The molecule has 0 radical (unpaired) electrons.